The first kappa shape index (κ1) is 79.1. The Morgan fingerprint density at radius 1 is 0.200 bits per heavy atom. The molecule has 16 nitrogen and oxygen atoms in total. The van der Waals surface area contributed by atoms with Crippen LogP contribution in [0.4, 0.5) is 0 Å². The number of hydrogen-bond donors (Lipinski definition) is 0. The topological polar surface area (TPSA) is 206 Å². The zero-order chi connectivity index (χ0) is 66.9. The predicted molar refractivity (Wildman–Crippen MR) is 370 cm³/mol. The summed E-state index contributed by atoms with van der Waals surface area (Å²) in [5, 5.41) is 7.43. The van der Waals surface area contributed by atoms with Crippen molar-refractivity contribution in [2.45, 2.75) is 198 Å². The lowest BCUT2D eigenvalue weighted by Crippen LogP contribution is -1.93. The molecule has 0 aliphatic heterocycles. The van der Waals surface area contributed by atoms with Gasteiger partial charge in [0.05, 0.1) is 17.6 Å². The van der Waals surface area contributed by atoms with E-state index in [1.807, 2.05) is 116 Å². The van der Waals surface area contributed by atoms with Gasteiger partial charge in [0.25, 0.3) is 0 Å². The molecule has 0 aromatic carbocycles. The van der Waals surface area contributed by atoms with Crippen LogP contribution in [0.1, 0.15) is 254 Å². The van der Waals surface area contributed by atoms with Gasteiger partial charge in [-0.05, 0) is 136 Å². The lowest BCUT2D eigenvalue weighted by molar-refractivity contribution is 0.774. The highest BCUT2D eigenvalue weighted by Crippen LogP contribution is 2.15. The Balaban J connectivity index is 0.000000500. The molecule has 0 bridgehead atoms. The van der Waals surface area contributed by atoms with Gasteiger partial charge in [-0.25, -0.2) is 29.9 Å². The molecule has 0 unspecified atom stereocenters. The van der Waals surface area contributed by atoms with Gasteiger partial charge in [0.15, 0.2) is 0 Å². The molecule has 10 rings (SSSR count). The van der Waals surface area contributed by atoms with E-state index in [1.54, 1.807) is 87.0 Å². The molecule has 10 heterocycles. The van der Waals surface area contributed by atoms with Crippen LogP contribution < -0.4 is 0 Å². The van der Waals surface area contributed by atoms with Crippen molar-refractivity contribution in [3.05, 3.63) is 266 Å². The molecule has 480 valence electrons. The number of nitrogens with zero attached hydrogens (tertiary/aromatic N) is 16. The zero-order valence-corrected chi connectivity index (χ0v) is 57.6. The van der Waals surface area contributed by atoms with Crippen LogP contribution >= 0.6 is 0 Å². The minimum Gasteiger partial charge on any atom is -0.265 e. The van der Waals surface area contributed by atoms with E-state index in [2.05, 4.69) is 225 Å². The summed E-state index contributed by atoms with van der Waals surface area (Å²) in [7, 11) is 0. The first-order valence-electron chi connectivity index (χ1n) is 31.2. The van der Waals surface area contributed by atoms with Crippen molar-refractivity contribution < 1.29 is 0 Å². The Morgan fingerprint density at radius 2 is 0.611 bits per heavy atom. The summed E-state index contributed by atoms with van der Waals surface area (Å²) in [6, 6.07) is 25.9. The molecule has 10 aromatic rings. The van der Waals surface area contributed by atoms with Crippen LogP contribution in [-0.2, 0) is 0 Å². The van der Waals surface area contributed by atoms with Crippen molar-refractivity contribution in [3.63, 3.8) is 0 Å². The van der Waals surface area contributed by atoms with Gasteiger partial charge in [-0.3, -0.25) is 39.9 Å². The predicted octanol–water partition coefficient (Wildman–Crippen LogP) is 18.4. The molecular weight excluding hydrogens is 1110 g/mol. The standard InChI is InChI=1S/4C8H11N.6C7H10N2/c1-7(2)8-3-5-9-6-4-8;1-7(2)8-4-3-5-9-6-8;2*1-7(2)8-5-3-4-6-9-8;1-6(2)7-3-8-5-9-4-7;2*1-6(2)7-5-8-3-4-9-7;1-6(2)7-3-4-8-5-9-7;1-6(2)7-3-4-8-9-5-7;1-6(2)7-8-4-3-5-9-7/h4*3-7H,1-2H3;6*3-6H,1-2H3. The molecule has 0 aliphatic rings. The molecular formula is C74H104N16. The summed E-state index contributed by atoms with van der Waals surface area (Å²) in [5.74, 6) is 6.23. The van der Waals surface area contributed by atoms with Crippen molar-refractivity contribution in [1.29, 1.82) is 0 Å². The van der Waals surface area contributed by atoms with E-state index in [0.29, 0.717) is 59.2 Å². The molecule has 0 N–H and O–H groups in total. The van der Waals surface area contributed by atoms with Crippen LogP contribution in [0, 0.1) is 0 Å². The van der Waals surface area contributed by atoms with Crippen LogP contribution in [0.15, 0.2) is 209 Å². The maximum atomic E-state index is 4.18. The number of hydrogen-bond acceptors (Lipinski definition) is 16. The highest BCUT2D eigenvalue weighted by Gasteiger charge is 2.02. The molecule has 0 fully saturated rings. The van der Waals surface area contributed by atoms with Crippen LogP contribution in [0.3, 0.4) is 0 Å². The van der Waals surface area contributed by atoms with Crippen LogP contribution in [0.25, 0.3) is 0 Å². The lowest BCUT2D eigenvalue weighted by Gasteiger charge is -2.01. The Hall–Kier alpha value is -8.92. The molecule has 16 heteroatoms. The van der Waals surface area contributed by atoms with E-state index >= 15 is 0 Å². The molecule has 0 amide bonds. The zero-order valence-electron chi connectivity index (χ0n) is 57.6. The number of pyridine rings is 4. The third-order valence-electron chi connectivity index (χ3n) is 12.5. The Morgan fingerprint density at radius 3 is 0.878 bits per heavy atom. The van der Waals surface area contributed by atoms with Crippen LogP contribution in [0.2, 0.25) is 0 Å². The van der Waals surface area contributed by atoms with E-state index in [-0.39, 0.29) is 0 Å². The van der Waals surface area contributed by atoms with E-state index in [0.717, 1.165) is 34.3 Å². The number of aromatic nitrogens is 16. The fourth-order valence-electron chi connectivity index (χ4n) is 6.62. The first-order chi connectivity index (χ1) is 43.0. The van der Waals surface area contributed by atoms with E-state index in [1.165, 1.54) is 22.3 Å². The minimum absolute atomic E-state index is 0.436. The van der Waals surface area contributed by atoms with Crippen LogP contribution in [-0.4, -0.2) is 80.0 Å². The first-order valence-corrected chi connectivity index (χ1v) is 31.2. The fraction of sp³-hybridized carbons (Fsp3) is 0.405. The normalized spacial score (nSPS) is 10.1. The molecule has 10 aromatic heterocycles. The molecule has 0 aliphatic carbocycles. The summed E-state index contributed by atoms with van der Waals surface area (Å²) >= 11 is 0. The second-order valence-electron chi connectivity index (χ2n) is 23.5. The SMILES string of the molecule is CC(C)c1ccccn1.CC(C)c1ccccn1.CC(C)c1cccnc1.CC(C)c1ccncc1.CC(C)c1ccncn1.CC(C)c1ccnnc1.CC(C)c1cnccn1.CC(C)c1cnccn1.CC(C)c1cncnc1.CC(C)c1ncccn1. The summed E-state index contributed by atoms with van der Waals surface area (Å²) < 4.78 is 0. The minimum atomic E-state index is 0.436. The average molecular weight is 1220 g/mol. The Kier molecular flexibility index (Phi) is 43.1. The summed E-state index contributed by atoms with van der Waals surface area (Å²) in [6.45, 7) is 42.6. The molecule has 90 heavy (non-hydrogen) atoms. The van der Waals surface area contributed by atoms with Crippen LogP contribution in [0.5, 0.6) is 0 Å². The third kappa shape index (κ3) is 39.1. The smallest absolute Gasteiger partial charge is 0.130 e. The summed E-state index contributed by atoms with van der Waals surface area (Å²) in [4.78, 5) is 56.2. The van der Waals surface area contributed by atoms with Gasteiger partial charge < -0.3 is 0 Å². The largest absolute Gasteiger partial charge is 0.265 e. The van der Waals surface area contributed by atoms with Gasteiger partial charge in [-0.15, -0.1) is 0 Å². The van der Waals surface area contributed by atoms with Gasteiger partial charge in [-0.2, -0.15) is 10.2 Å². The van der Waals surface area contributed by atoms with Crippen molar-refractivity contribution in [1.82, 2.24) is 80.0 Å². The maximum absolute atomic E-state index is 4.18. The second kappa shape index (κ2) is 49.0. The second-order valence-corrected chi connectivity index (χ2v) is 23.5. The third-order valence-corrected chi connectivity index (χ3v) is 12.5. The maximum Gasteiger partial charge on any atom is 0.130 e. The van der Waals surface area contributed by atoms with Crippen molar-refractivity contribution in [2.75, 3.05) is 0 Å². The van der Waals surface area contributed by atoms with Crippen molar-refractivity contribution in [2.24, 2.45) is 0 Å². The Labute approximate surface area is 540 Å². The van der Waals surface area contributed by atoms with Crippen molar-refractivity contribution in [3.8, 4) is 0 Å². The van der Waals surface area contributed by atoms with E-state index in [9.17, 15) is 0 Å². The monoisotopic (exact) mass is 1220 g/mol. The molecule has 0 saturated carbocycles. The Bertz CT molecular complexity index is 2410. The summed E-state index contributed by atoms with van der Waals surface area (Å²) in [5.41, 5.74) is 10.6. The highest BCUT2D eigenvalue weighted by atomic mass is 15.1. The molecule has 0 atom stereocenters. The average Bonchev–Trinajstić information content (AvgIpc) is 3.62. The van der Waals surface area contributed by atoms with Gasteiger partial charge in [0.2, 0.25) is 0 Å². The number of rotatable bonds is 10. The van der Waals surface area contributed by atoms with Gasteiger partial charge in [-0.1, -0.05) is 157 Å². The lowest BCUT2D eigenvalue weighted by atomic mass is 10.1. The van der Waals surface area contributed by atoms with Gasteiger partial charge in [0.1, 0.15) is 18.5 Å². The summed E-state index contributed by atoms with van der Waals surface area (Å²) in [6.07, 6.45) is 37.0. The van der Waals surface area contributed by atoms with Crippen molar-refractivity contribution >= 4 is 0 Å². The molecule has 0 saturated heterocycles. The van der Waals surface area contributed by atoms with Gasteiger partial charge >= 0.3 is 0 Å². The highest BCUT2D eigenvalue weighted by molar-refractivity contribution is 5.15. The quantitative estimate of drug-likeness (QED) is 0.125. The molecule has 0 spiro atoms. The fourth-order valence-corrected chi connectivity index (χ4v) is 6.62. The van der Waals surface area contributed by atoms with E-state index in [4.69, 9.17) is 0 Å². The van der Waals surface area contributed by atoms with E-state index < -0.39 is 0 Å². The molecule has 0 radical (unpaired) electrons. The van der Waals surface area contributed by atoms with Gasteiger partial charge in [0, 0.05) is 135 Å².